The summed E-state index contributed by atoms with van der Waals surface area (Å²) in [4.78, 5) is 0. The average Bonchev–Trinajstić information content (AvgIpc) is 3.25. The van der Waals surface area contributed by atoms with Crippen molar-refractivity contribution in [3.05, 3.63) is 47.8 Å². The van der Waals surface area contributed by atoms with Crippen molar-refractivity contribution < 1.29 is 18.3 Å². The SMILES string of the molecule is OCCn1cc(NC(c2cccc(C(F)(F)F)c2)C2CC2)cn1. The van der Waals surface area contributed by atoms with E-state index in [-0.39, 0.29) is 12.6 Å². The predicted octanol–water partition coefficient (Wildman–Crippen LogP) is 3.46. The Kier molecular flexibility index (Phi) is 4.30. The van der Waals surface area contributed by atoms with Gasteiger partial charge in [-0.1, -0.05) is 12.1 Å². The van der Waals surface area contributed by atoms with Crippen molar-refractivity contribution in [3.63, 3.8) is 0 Å². The van der Waals surface area contributed by atoms with Crippen molar-refractivity contribution in [2.45, 2.75) is 31.6 Å². The number of halogens is 3. The third-order valence-electron chi connectivity index (χ3n) is 3.95. The molecule has 1 aromatic carbocycles. The molecule has 0 spiro atoms. The molecule has 23 heavy (non-hydrogen) atoms. The van der Waals surface area contributed by atoms with Gasteiger partial charge in [-0.3, -0.25) is 4.68 Å². The zero-order valence-electron chi connectivity index (χ0n) is 12.4. The zero-order valence-corrected chi connectivity index (χ0v) is 12.4. The van der Waals surface area contributed by atoms with Crippen LogP contribution in [0.4, 0.5) is 18.9 Å². The van der Waals surface area contributed by atoms with Gasteiger partial charge in [0.25, 0.3) is 0 Å². The van der Waals surface area contributed by atoms with E-state index in [1.54, 1.807) is 23.1 Å². The molecule has 1 fully saturated rings. The summed E-state index contributed by atoms with van der Waals surface area (Å²) in [6.45, 7) is 0.375. The van der Waals surface area contributed by atoms with Gasteiger partial charge >= 0.3 is 6.18 Å². The molecule has 0 saturated heterocycles. The van der Waals surface area contributed by atoms with Crippen LogP contribution in [0.2, 0.25) is 0 Å². The lowest BCUT2D eigenvalue weighted by molar-refractivity contribution is -0.137. The van der Waals surface area contributed by atoms with Crippen LogP contribution in [0, 0.1) is 5.92 Å². The highest BCUT2D eigenvalue weighted by Crippen LogP contribution is 2.43. The van der Waals surface area contributed by atoms with Crippen molar-refractivity contribution in [2.75, 3.05) is 11.9 Å². The highest BCUT2D eigenvalue weighted by Gasteiger charge is 2.35. The molecule has 124 valence electrons. The lowest BCUT2D eigenvalue weighted by atomic mass is 9.99. The Morgan fingerprint density at radius 2 is 2.13 bits per heavy atom. The lowest BCUT2D eigenvalue weighted by Crippen LogP contribution is -2.14. The van der Waals surface area contributed by atoms with Gasteiger partial charge < -0.3 is 10.4 Å². The standard InChI is InChI=1S/C16H18F3N3O/c17-16(18,19)13-3-1-2-12(8-13)15(11-4-5-11)21-14-9-20-22(10-14)6-7-23/h1-3,8-11,15,21,23H,4-7H2. The fraction of sp³-hybridized carbons (Fsp3) is 0.438. The van der Waals surface area contributed by atoms with Crippen molar-refractivity contribution in [2.24, 2.45) is 5.92 Å². The fourth-order valence-electron chi connectivity index (χ4n) is 2.65. The maximum absolute atomic E-state index is 12.9. The first-order chi connectivity index (χ1) is 11.0. The van der Waals surface area contributed by atoms with Gasteiger partial charge in [0.15, 0.2) is 0 Å². The minimum Gasteiger partial charge on any atom is -0.394 e. The Balaban J connectivity index is 1.81. The maximum Gasteiger partial charge on any atom is 0.416 e. The Morgan fingerprint density at radius 3 is 2.78 bits per heavy atom. The molecule has 1 aromatic heterocycles. The molecule has 4 nitrogen and oxygen atoms in total. The lowest BCUT2D eigenvalue weighted by Gasteiger charge is -2.20. The summed E-state index contributed by atoms with van der Waals surface area (Å²) < 4.78 is 40.3. The number of nitrogens with one attached hydrogen (secondary N) is 1. The van der Waals surface area contributed by atoms with E-state index in [0.29, 0.717) is 18.0 Å². The highest BCUT2D eigenvalue weighted by atomic mass is 19.4. The largest absolute Gasteiger partial charge is 0.416 e. The van der Waals surface area contributed by atoms with Crippen LogP contribution in [0.1, 0.15) is 30.0 Å². The van der Waals surface area contributed by atoms with Crippen LogP contribution in [-0.4, -0.2) is 21.5 Å². The number of aliphatic hydroxyl groups excluding tert-OH is 1. The summed E-state index contributed by atoms with van der Waals surface area (Å²) in [7, 11) is 0. The van der Waals surface area contributed by atoms with Crippen LogP contribution >= 0.6 is 0 Å². The van der Waals surface area contributed by atoms with E-state index in [4.69, 9.17) is 5.11 Å². The van der Waals surface area contributed by atoms with Crippen LogP contribution in [0.5, 0.6) is 0 Å². The third-order valence-corrected chi connectivity index (χ3v) is 3.95. The van der Waals surface area contributed by atoms with Gasteiger partial charge in [-0.05, 0) is 36.5 Å². The van der Waals surface area contributed by atoms with Crippen molar-refractivity contribution in [1.29, 1.82) is 0 Å². The molecule has 0 radical (unpaired) electrons. The molecular weight excluding hydrogens is 307 g/mol. The van der Waals surface area contributed by atoms with E-state index >= 15 is 0 Å². The first-order valence-corrected chi connectivity index (χ1v) is 7.54. The molecule has 1 saturated carbocycles. The molecule has 1 aliphatic carbocycles. The van der Waals surface area contributed by atoms with E-state index in [2.05, 4.69) is 10.4 Å². The summed E-state index contributed by atoms with van der Waals surface area (Å²) in [6, 6.07) is 5.32. The molecule has 0 aliphatic heterocycles. The number of hydrogen-bond donors (Lipinski definition) is 2. The number of alkyl halides is 3. The molecule has 1 unspecified atom stereocenters. The molecule has 1 atom stereocenters. The second-order valence-electron chi connectivity index (χ2n) is 5.80. The Hall–Kier alpha value is -2.02. The van der Waals surface area contributed by atoms with E-state index in [0.717, 1.165) is 24.6 Å². The Labute approximate surface area is 131 Å². The molecule has 2 N–H and O–H groups in total. The molecule has 1 aliphatic rings. The van der Waals surface area contributed by atoms with E-state index in [1.165, 1.54) is 12.1 Å². The first-order valence-electron chi connectivity index (χ1n) is 7.54. The van der Waals surface area contributed by atoms with Gasteiger partial charge in [0.1, 0.15) is 0 Å². The Morgan fingerprint density at radius 1 is 1.35 bits per heavy atom. The van der Waals surface area contributed by atoms with Crippen LogP contribution < -0.4 is 5.32 Å². The molecule has 1 heterocycles. The van der Waals surface area contributed by atoms with Gasteiger partial charge in [0.05, 0.1) is 36.6 Å². The number of hydrogen-bond acceptors (Lipinski definition) is 3. The van der Waals surface area contributed by atoms with Gasteiger partial charge in [0.2, 0.25) is 0 Å². The fourth-order valence-corrected chi connectivity index (χ4v) is 2.65. The molecule has 3 rings (SSSR count). The minimum absolute atomic E-state index is 0.0131. The molecule has 0 bridgehead atoms. The van der Waals surface area contributed by atoms with Crippen molar-refractivity contribution in [1.82, 2.24) is 9.78 Å². The molecule has 2 aromatic rings. The topological polar surface area (TPSA) is 50.1 Å². The average molecular weight is 325 g/mol. The van der Waals surface area contributed by atoms with Gasteiger partial charge in [-0.15, -0.1) is 0 Å². The van der Waals surface area contributed by atoms with E-state index in [9.17, 15) is 13.2 Å². The second kappa shape index (κ2) is 6.23. The number of aromatic nitrogens is 2. The zero-order chi connectivity index (χ0) is 16.4. The number of rotatable bonds is 6. The van der Waals surface area contributed by atoms with E-state index < -0.39 is 11.7 Å². The normalized spacial score (nSPS) is 16.3. The smallest absolute Gasteiger partial charge is 0.394 e. The quantitative estimate of drug-likeness (QED) is 0.855. The summed E-state index contributed by atoms with van der Waals surface area (Å²) >= 11 is 0. The van der Waals surface area contributed by atoms with Gasteiger partial charge in [0, 0.05) is 6.20 Å². The molecular formula is C16H18F3N3O. The van der Waals surface area contributed by atoms with Gasteiger partial charge in [-0.2, -0.15) is 18.3 Å². The Bertz CT molecular complexity index is 665. The number of aliphatic hydroxyl groups is 1. The van der Waals surface area contributed by atoms with Crippen LogP contribution in [-0.2, 0) is 12.7 Å². The number of benzene rings is 1. The third kappa shape index (κ3) is 3.85. The van der Waals surface area contributed by atoms with E-state index in [1.807, 2.05) is 0 Å². The van der Waals surface area contributed by atoms with Crippen LogP contribution in [0.25, 0.3) is 0 Å². The predicted molar refractivity (Wildman–Crippen MR) is 79.8 cm³/mol. The van der Waals surface area contributed by atoms with Gasteiger partial charge in [-0.25, -0.2) is 0 Å². The van der Waals surface area contributed by atoms with Crippen molar-refractivity contribution >= 4 is 5.69 Å². The second-order valence-corrected chi connectivity index (χ2v) is 5.80. The van der Waals surface area contributed by atoms with Crippen LogP contribution in [0.15, 0.2) is 36.7 Å². The minimum atomic E-state index is -4.34. The summed E-state index contributed by atoms with van der Waals surface area (Å²) in [5.74, 6) is 0.333. The monoisotopic (exact) mass is 325 g/mol. The first kappa shape index (κ1) is 15.9. The molecule has 0 amide bonds. The molecule has 7 heteroatoms. The number of anilines is 1. The van der Waals surface area contributed by atoms with Crippen molar-refractivity contribution in [3.8, 4) is 0 Å². The number of nitrogens with zero attached hydrogens (tertiary/aromatic N) is 2. The maximum atomic E-state index is 12.9. The highest BCUT2D eigenvalue weighted by molar-refractivity contribution is 5.43. The summed E-state index contributed by atoms with van der Waals surface area (Å²) in [6.07, 6.45) is 1.03. The summed E-state index contributed by atoms with van der Waals surface area (Å²) in [5, 5.41) is 16.3. The summed E-state index contributed by atoms with van der Waals surface area (Å²) in [5.41, 5.74) is 0.753. The van der Waals surface area contributed by atoms with Crippen LogP contribution in [0.3, 0.4) is 0 Å².